The van der Waals surface area contributed by atoms with Crippen molar-refractivity contribution in [3.63, 3.8) is 0 Å². The maximum absolute atomic E-state index is 11.7. The van der Waals surface area contributed by atoms with E-state index in [9.17, 15) is 4.79 Å². The van der Waals surface area contributed by atoms with Crippen LogP contribution in [0.2, 0.25) is 0 Å². The zero-order valence-corrected chi connectivity index (χ0v) is 8.93. The minimum absolute atomic E-state index is 0.110. The van der Waals surface area contributed by atoms with Crippen molar-refractivity contribution in [2.45, 2.75) is 13.5 Å². The maximum Gasteiger partial charge on any atom is 0.251 e. The van der Waals surface area contributed by atoms with Crippen molar-refractivity contribution < 1.29 is 9.32 Å². The quantitative estimate of drug-likeness (QED) is 0.852. The van der Waals surface area contributed by atoms with Crippen molar-refractivity contribution in [1.82, 2.24) is 10.5 Å². The second kappa shape index (κ2) is 4.61. The second-order valence-corrected chi connectivity index (χ2v) is 3.48. The van der Waals surface area contributed by atoms with Crippen LogP contribution in [0.3, 0.4) is 0 Å². The lowest BCUT2D eigenvalue weighted by Gasteiger charge is -2.01. The summed E-state index contributed by atoms with van der Waals surface area (Å²) in [5.41, 5.74) is 1.37. The van der Waals surface area contributed by atoms with Crippen molar-refractivity contribution in [2.75, 3.05) is 0 Å². The van der Waals surface area contributed by atoms with E-state index in [1.54, 1.807) is 18.2 Å². The monoisotopic (exact) mass is 216 g/mol. The highest BCUT2D eigenvalue weighted by molar-refractivity contribution is 5.93. The van der Waals surface area contributed by atoms with Gasteiger partial charge in [-0.3, -0.25) is 4.79 Å². The number of hydrogen-bond donors (Lipinski definition) is 1. The van der Waals surface area contributed by atoms with Crippen LogP contribution in [0.5, 0.6) is 0 Å². The number of amides is 1. The number of carbonyl (C=O) groups is 1. The van der Waals surface area contributed by atoms with Crippen LogP contribution in [0.15, 0.2) is 40.9 Å². The van der Waals surface area contributed by atoms with E-state index in [2.05, 4.69) is 10.5 Å². The van der Waals surface area contributed by atoms with Gasteiger partial charge in [0.05, 0.1) is 6.54 Å². The maximum atomic E-state index is 11.7. The van der Waals surface area contributed by atoms with Crippen LogP contribution in [-0.2, 0) is 6.54 Å². The van der Waals surface area contributed by atoms with Crippen molar-refractivity contribution in [3.8, 4) is 0 Å². The summed E-state index contributed by atoms with van der Waals surface area (Å²) in [5, 5.41) is 6.56. The Bertz CT molecular complexity index is 477. The Kier molecular flexibility index (Phi) is 3.00. The lowest BCUT2D eigenvalue weighted by atomic mass is 10.2. The molecule has 4 nitrogen and oxygen atoms in total. The molecule has 0 unspecified atom stereocenters. The first-order valence-electron chi connectivity index (χ1n) is 5.01. The lowest BCUT2D eigenvalue weighted by molar-refractivity contribution is 0.0950. The van der Waals surface area contributed by atoms with Crippen LogP contribution in [0.25, 0.3) is 0 Å². The first-order chi connectivity index (χ1) is 7.75. The van der Waals surface area contributed by atoms with Gasteiger partial charge < -0.3 is 9.84 Å². The number of rotatable bonds is 3. The number of carbonyl (C=O) groups excluding carboxylic acids is 1. The summed E-state index contributed by atoms with van der Waals surface area (Å²) in [6.07, 6.45) is 0. The fourth-order valence-corrected chi connectivity index (χ4v) is 1.36. The molecule has 1 amide bonds. The third kappa shape index (κ3) is 2.48. The normalized spacial score (nSPS) is 10.1. The highest BCUT2D eigenvalue weighted by atomic mass is 16.5. The highest BCUT2D eigenvalue weighted by Gasteiger charge is 2.05. The molecule has 2 rings (SSSR count). The third-order valence-electron chi connectivity index (χ3n) is 2.14. The van der Waals surface area contributed by atoms with Crippen molar-refractivity contribution in [2.24, 2.45) is 0 Å². The molecule has 0 aliphatic rings. The van der Waals surface area contributed by atoms with E-state index >= 15 is 0 Å². The molecule has 82 valence electrons. The third-order valence-corrected chi connectivity index (χ3v) is 2.14. The van der Waals surface area contributed by atoms with E-state index < -0.39 is 0 Å². The van der Waals surface area contributed by atoms with Gasteiger partial charge in [0.15, 0.2) is 0 Å². The second-order valence-electron chi connectivity index (χ2n) is 3.48. The Morgan fingerprint density at radius 2 is 2.12 bits per heavy atom. The molecule has 0 atom stereocenters. The molecular formula is C12H12N2O2. The summed E-state index contributed by atoms with van der Waals surface area (Å²) in [6, 6.07) is 10.9. The summed E-state index contributed by atoms with van der Waals surface area (Å²) in [5.74, 6) is 0.630. The van der Waals surface area contributed by atoms with E-state index in [1.807, 2.05) is 25.1 Å². The molecule has 1 aromatic carbocycles. The summed E-state index contributed by atoms with van der Waals surface area (Å²) in [7, 11) is 0. The van der Waals surface area contributed by atoms with Gasteiger partial charge in [0.2, 0.25) is 0 Å². The molecule has 2 aromatic rings. The van der Waals surface area contributed by atoms with E-state index in [4.69, 9.17) is 4.52 Å². The van der Waals surface area contributed by atoms with Gasteiger partial charge in [0.25, 0.3) is 5.91 Å². The van der Waals surface area contributed by atoms with Crippen LogP contribution in [-0.4, -0.2) is 11.1 Å². The Balaban J connectivity index is 1.94. The Morgan fingerprint density at radius 3 is 2.75 bits per heavy atom. The van der Waals surface area contributed by atoms with Gasteiger partial charge in [-0.2, -0.15) is 0 Å². The Morgan fingerprint density at radius 1 is 1.38 bits per heavy atom. The van der Waals surface area contributed by atoms with E-state index in [0.29, 0.717) is 12.1 Å². The van der Waals surface area contributed by atoms with Crippen LogP contribution >= 0.6 is 0 Å². The molecule has 4 heteroatoms. The number of nitrogens with one attached hydrogen (secondary N) is 1. The molecule has 1 heterocycles. The van der Waals surface area contributed by atoms with Gasteiger partial charge in [-0.15, -0.1) is 0 Å². The van der Waals surface area contributed by atoms with Gasteiger partial charge in [-0.05, 0) is 19.1 Å². The van der Waals surface area contributed by atoms with Crippen LogP contribution in [0, 0.1) is 6.92 Å². The molecule has 0 spiro atoms. The van der Waals surface area contributed by atoms with Gasteiger partial charge in [0.1, 0.15) is 11.5 Å². The summed E-state index contributed by atoms with van der Waals surface area (Å²) in [6.45, 7) is 2.20. The number of aryl methyl sites for hydroxylation is 1. The molecule has 0 saturated carbocycles. The average Bonchev–Trinajstić information content (AvgIpc) is 2.73. The van der Waals surface area contributed by atoms with Crippen molar-refractivity contribution in [1.29, 1.82) is 0 Å². The van der Waals surface area contributed by atoms with Gasteiger partial charge in [0, 0.05) is 11.6 Å². The number of nitrogens with zero attached hydrogens (tertiary/aromatic N) is 1. The van der Waals surface area contributed by atoms with Gasteiger partial charge >= 0.3 is 0 Å². The van der Waals surface area contributed by atoms with Crippen LogP contribution < -0.4 is 5.32 Å². The fourth-order valence-electron chi connectivity index (χ4n) is 1.36. The molecule has 0 saturated heterocycles. The average molecular weight is 216 g/mol. The summed E-state index contributed by atoms with van der Waals surface area (Å²) >= 11 is 0. The molecule has 16 heavy (non-hydrogen) atoms. The zero-order chi connectivity index (χ0) is 11.4. The zero-order valence-electron chi connectivity index (χ0n) is 8.93. The van der Waals surface area contributed by atoms with E-state index in [1.165, 1.54) is 0 Å². The first kappa shape index (κ1) is 10.4. The standard InChI is InChI=1S/C12H12N2O2/c1-9-7-11(14-16-9)8-13-12(15)10-5-3-2-4-6-10/h2-7H,8H2,1H3,(H,13,15). The fraction of sp³-hybridized carbons (Fsp3) is 0.167. The van der Waals surface area contributed by atoms with Crippen molar-refractivity contribution >= 4 is 5.91 Å². The van der Waals surface area contributed by atoms with E-state index in [-0.39, 0.29) is 5.91 Å². The first-order valence-corrected chi connectivity index (χ1v) is 5.01. The minimum Gasteiger partial charge on any atom is -0.361 e. The summed E-state index contributed by atoms with van der Waals surface area (Å²) in [4.78, 5) is 11.7. The van der Waals surface area contributed by atoms with Crippen molar-refractivity contribution in [3.05, 3.63) is 53.4 Å². The minimum atomic E-state index is -0.110. The molecule has 0 radical (unpaired) electrons. The molecule has 0 fully saturated rings. The Hall–Kier alpha value is -2.10. The smallest absolute Gasteiger partial charge is 0.251 e. The number of hydrogen-bond acceptors (Lipinski definition) is 3. The summed E-state index contributed by atoms with van der Waals surface area (Å²) < 4.78 is 4.90. The molecular weight excluding hydrogens is 204 g/mol. The predicted octanol–water partition coefficient (Wildman–Crippen LogP) is 1.91. The topological polar surface area (TPSA) is 55.1 Å². The van der Waals surface area contributed by atoms with Gasteiger partial charge in [-0.25, -0.2) is 0 Å². The molecule has 0 aliphatic carbocycles. The van der Waals surface area contributed by atoms with Crippen LogP contribution in [0.4, 0.5) is 0 Å². The Labute approximate surface area is 93.3 Å². The SMILES string of the molecule is Cc1cc(CNC(=O)c2ccccc2)no1. The molecule has 0 bridgehead atoms. The largest absolute Gasteiger partial charge is 0.361 e. The lowest BCUT2D eigenvalue weighted by Crippen LogP contribution is -2.22. The molecule has 0 aliphatic heterocycles. The van der Waals surface area contributed by atoms with E-state index in [0.717, 1.165) is 11.5 Å². The number of benzene rings is 1. The molecule has 1 aromatic heterocycles. The predicted molar refractivity (Wildman–Crippen MR) is 58.9 cm³/mol. The van der Waals surface area contributed by atoms with Crippen LogP contribution in [0.1, 0.15) is 21.8 Å². The van der Waals surface area contributed by atoms with Gasteiger partial charge in [-0.1, -0.05) is 23.4 Å². The highest BCUT2D eigenvalue weighted by Crippen LogP contribution is 2.02. The molecule has 1 N–H and O–H groups in total. The number of aromatic nitrogens is 1.